The number of aromatic nitrogens is 1. The SMILES string of the molecule is CC(CCO)CNc1cc(C(F)(F)F)cc(N)n1. The Morgan fingerprint density at radius 3 is 2.67 bits per heavy atom. The van der Waals surface area contributed by atoms with Crippen LogP contribution in [0.25, 0.3) is 0 Å². The molecule has 102 valence electrons. The van der Waals surface area contributed by atoms with Gasteiger partial charge < -0.3 is 16.2 Å². The van der Waals surface area contributed by atoms with E-state index in [0.29, 0.717) is 13.0 Å². The first kappa shape index (κ1) is 14.6. The quantitative estimate of drug-likeness (QED) is 0.761. The van der Waals surface area contributed by atoms with E-state index in [9.17, 15) is 13.2 Å². The number of nitrogens with two attached hydrogens (primary N) is 1. The molecule has 4 nitrogen and oxygen atoms in total. The molecule has 0 radical (unpaired) electrons. The summed E-state index contributed by atoms with van der Waals surface area (Å²) >= 11 is 0. The Kier molecular flexibility index (Phi) is 4.77. The summed E-state index contributed by atoms with van der Waals surface area (Å²) in [5, 5.41) is 11.5. The standard InChI is InChI=1S/C11H16F3N3O/c1-7(2-3-18)6-16-10-5-8(11(12,13)14)4-9(15)17-10/h4-5,7,18H,2-3,6H2,1H3,(H3,15,16,17). The lowest BCUT2D eigenvalue weighted by Crippen LogP contribution is -2.15. The molecule has 0 saturated heterocycles. The first-order valence-corrected chi connectivity index (χ1v) is 5.52. The van der Waals surface area contributed by atoms with E-state index in [1.807, 2.05) is 6.92 Å². The second kappa shape index (κ2) is 5.90. The van der Waals surface area contributed by atoms with E-state index in [0.717, 1.165) is 12.1 Å². The molecule has 0 aliphatic heterocycles. The largest absolute Gasteiger partial charge is 0.416 e. The summed E-state index contributed by atoms with van der Waals surface area (Å²) in [4.78, 5) is 3.78. The number of halogens is 3. The predicted molar refractivity (Wildman–Crippen MR) is 63.0 cm³/mol. The number of nitrogen functional groups attached to an aromatic ring is 1. The summed E-state index contributed by atoms with van der Waals surface area (Å²) in [5.41, 5.74) is 4.50. The zero-order valence-electron chi connectivity index (χ0n) is 9.96. The molecular formula is C11H16F3N3O. The van der Waals surface area contributed by atoms with Crippen molar-refractivity contribution in [3.63, 3.8) is 0 Å². The van der Waals surface area contributed by atoms with Crippen molar-refractivity contribution < 1.29 is 18.3 Å². The maximum atomic E-state index is 12.5. The Hall–Kier alpha value is -1.50. The molecule has 4 N–H and O–H groups in total. The maximum Gasteiger partial charge on any atom is 0.416 e. The molecule has 0 bridgehead atoms. The van der Waals surface area contributed by atoms with Crippen LogP contribution in [0, 0.1) is 5.92 Å². The summed E-state index contributed by atoms with van der Waals surface area (Å²) in [6, 6.07) is 1.71. The second-order valence-electron chi connectivity index (χ2n) is 4.16. The van der Waals surface area contributed by atoms with Crippen molar-refractivity contribution in [1.82, 2.24) is 4.98 Å². The van der Waals surface area contributed by atoms with E-state index in [4.69, 9.17) is 10.8 Å². The van der Waals surface area contributed by atoms with Gasteiger partial charge in [0.1, 0.15) is 11.6 Å². The number of aliphatic hydroxyl groups is 1. The predicted octanol–water partition coefficient (Wildman–Crippen LogP) is 2.11. The molecule has 0 aliphatic carbocycles. The lowest BCUT2D eigenvalue weighted by atomic mass is 10.1. The summed E-state index contributed by atoms with van der Waals surface area (Å²) in [7, 11) is 0. The molecule has 0 aromatic carbocycles. The first-order valence-electron chi connectivity index (χ1n) is 5.52. The normalized spacial score (nSPS) is 13.4. The lowest BCUT2D eigenvalue weighted by Gasteiger charge is -2.14. The summed E-state index contributed by atoms with van der Waals surface area (Å²) in [6.45, 7) is 2.34. The van der Waals surface area contributed by atoms with Gasteiger partial charge in [0.2, 0.25) is 0 Å². The third-order valence-electron chi connectivity index (χ3n) is 2.43. The van der Waals surface area contributed by atoms with Crippen molar-refractivity contribution in [1.29, 1.82) is 0 Å². The highest BCUT2D eigenvalue weighted by Gasteiger charge is 2.31. The molecule has 0 amide bonds. The molecule has 0 aliphatic rings. The zero-order valence-corrected chi connectivity index (χ0v) is 9.96. The van der Waals surface area contributed by atoms with E-state index >= 15 is 0 Å². The smallest absolute Gasteiger partial charge is 0.396 e. The van der Waals surface area contributed by atoms with Crippen molar-refractivity contribution >= 4 is 11.6 Å². The molecule has 1 aromatic rings. The van der Waals surface area contributed by atoms with E-state index in [1.54, 1.807) is 0 Å². The van der Waals surface area contributed by atoms with Crippen molar-refractivity contribution in [3.8, 4) is 0 Å². The molecule has 1 aromatic heterocycles. The average Bonchev–Trinajstić information content (AvgIpc) is 2.25. The fraction of sp³-hybridized carbons (Fsp3) is 0.545. The van der Waals surface area contributed by atoms with E-state index < -0.39 is 11.7 Å². The van der Waals surface area contributed by atoms with Gasteiger partial charge in [-0.15, -0.1) is 0 Å². The van der Waals surface area contributed by atoms with Gasteiger partial charge in [-0.25, -0.2) is 4.98 Å². The second-order valence-corrected chi connectivity index (χ2v) is 4.16. The van der Waals surface area contributed by atoms with Crippen LogP contribution in [0.4, 0.5) is 24.8 Å². The minimum atomic E-state index is -4.44. The highest BCUT2D eigenvalue weighted by molar-refractivity contribution is 5.47. The molecule has 0 spiro atoms. The molecule has 18 heavy (non-hydrogen) atoms. The van der Waals surface area contributed by atoms with Crippen LogP contribution >= 0.6 is 0 Å². The van der Waals surface area contributed by atoms with Gasteiger partial charge in [0.05, 0.1) is 5.56 Å². The Labute approximate surface area is 103 Å². The van der Waals surface area contributed by atoms with Crippen molar-refractivity contribution in [2.45, 2.75) is 19.5 Å². The Balaban J connectivity index is 2.75. The van der Waals surface area contributed by atoms with E-state index in [2.05, 4.69) is 10.3 Å². The molecular weight excluding hydrogens is 247 g/mol. The Morgan fingerprint density at radius 2 is 2.11 bits per heavy atom. The molecule has 1 unspecified atom stereocenters. The minimum absolute atomic E-state index is 0.0427. The zero-order chi connectivity index (χ0) is 13.8. The number of aliphatic hydroxyl groups excluding tert-OH is 1. The van der Waals surface area contributed by atoms with Crippen LogP contribution in [0.1, 0.15) is 18.9 Å². The third kappa shape index (κ3) is 4.40. The number of nitrogens with one attached hydrogen (secondary N) is 1. The number of nitrogens with zero attached hydrogens (tertiary/aromatic N) is 1. The van der Waals surface area contributed by atoms with Crippen molar-refractivity contribution in [3.05, 3.63) is 17.7 Å². The maximum absolute atomic E-state index is 12.5. The number of hydrogen-bond acceptors (Lipinski definition) is 4. The van der Waals surface area contributed by atoms with Crippen LogP contribution in [0.3, 0.4) is 0 Å². The summed E-state index contributed by atoms with van der Waals surface area (Å²) in [5.74, 6) is 0.0434. The number of hydrogen-bond donors (Lipinski definition) is 3. The molecule has 7 heteroatoms. The first-order chi connectivity index (χ1) is 8.32. The van der Waals surface area contributed by atoms with Gasteiger partial charge >= 0.3 is 6.18 Å². The highest BCUT2D eigenvalue weighted by atomic mass is 19.4. The van der Waals surface area contributed by atoms with Gasteiger partial charge in [-0.05, 0) is 24.5 Å². The van der Waals surface area contributed by atoms with Crippen LogP contribution in [-0.2, 0) is 6.18 Å². The molecule has 1 rings (SSSR count). The monoisotopic (exact) mass is 263 g/mol. The Morgan fingerprint density at radius 1 is 1.44 bits per heavy atom. The topological polar surface area (TPSA) is 71.2 Å². The van der Waals surface area contributed by atoms with Crippen molar-refractivity contribution in [2.24, 2.45) is 5.92 Å². The van der Waals surface area contributed by atoms with Gasteiger partial charge in [0.15, 0.2) is 0 Å². The fourth-order valence-electron chi connectivity index (χ4n) is 1.41. The fourth-order valence-corrected chi connectivity index (χ4v) is 1.41. The number of pyridine rings is 1. The third-order valence-corrected chi connectivity index (χ3v) is 2.43. The van der Waals surface area contributed by atoms with Gasteiger partial charge in [-0.1, -0.05) is 6.92 Å². The molecule has 1 atom stereocenters. The number of anilines is 2. The van der Waals surface area contributed by atoms with Crippen LogP contribution in [0.5, 0.6) is 0 Å². The van der Waals surface area contributed by atoms with Crippen LogP contribution in [0.15, 0.2) is 12.1 Å². The number of alkyl halides is 3. The van der Waals surface area contributed by atoms with Gasteiger partial charge in [0.25, 0.3) is 0 Å². The minimum Gasteiger partial charge on any atom is -0.396 e. The van der Waals surface area contributed by atoms with Crippen molar-refractivity contribution in [2.75, 3.05) is 24.2 Å². The van der Waals surface area contributed by atoms with Crippen LogP contribution < -0.4 is 11.1 Å². The molecule has 1 heterocycles. The Bertz CT molecular complexity index is 396. The van der Waals surface area contributed by atoms with Gasteiger partial charge in [-0.3, -0.25) is 0 Å². The average molecular weight is 263 g/mol. The molecule has 0 saturated carbocycles. The van der Waals surface area contributed by atoms with Crippen LogP contribution in [0.2, 0.25) is 0 Å². The summed E-state index contributed by atoms with van der Waals surface area (Å²) < 4.78 is 37.6. The highest BCUT2D eigenvalue weighted by Crippen LogP contribution is 2.31. The van der Waals surface area contributed by atoms with Gasteiger partial charge in [-0.2, -0.15) is 13.2 Å². The lowest BCUT2D eigenvalue weighted by molar-refractivity contribution is -0.137. The summed E-state index contributed by atoms with van der Waals surface area (Å²) in [6.07, 6.45) is -3.87. The molecule has 0 fully saturated rings. The van der Waals surface area contributed by atoms with Crippen LogP contribution in [-0.4, -0.2) is 23.2 Å². The van der Waals surface area contributed by atoms with E-state index in [1.165, 1.54) is 0 Å². The van der Waals surface area contributed by atoms with E-state index in [-0.39, 0.29) is 24.2 Å². The number of rotatable bonds is 5. The van der Waals surface area contributed by atoms with Gasteiger partial charge in [0, 0.05) is 13.2 Å².